The third kappa shape index (κ3) is 3.83. The average molecular weight is 384 g/mol. The van der Waals surface area contributed by atoms with E-state index >= 15 is 0 Å². The van der Waals surface area contributed by atoms with Crippen LogP contribution in [0.1, 0.15) is 50.4 Å². The van der Waals surface area contributed by atoms with Crippen molar-refractivity contribution in [1.82, 2.24) is 19.4 Å². The summed E-state index contributed by atoms with van der Waals surface area (Å²) in [7, 11) is 0. The Balaban J connectivity index is 1.56. The van der Waals surface area contributed by atoms with E-state index in [1.165, 1.54) is 6.07 Å². The molecule has 150 valence electrons. The van der Waals surface area contributed by atoms with Crippen molar-refractivity contribution in [2.45, 2.75) is 70.7 Å². The number of aromatic nitrogens is 2. The lowest BCUT2D eigenvalue weighted by molar-refractivity contribution is -0.135. The fraction of sp³-hybridized carbons (Fsp3) is 0.545. The Hall–Kier alpha value is -2.21. The summed E-state index contributed by atoms with van der Waals surface area (Å²) in [6.07, 6.45) is 8.45. The molecule has 6 heteroatoms. The molecule has 0 bridgehead atoms. The Morgan fingerprint density at radius 2 is 2.00 bits per heavy atom. The highest BCUT2D eigenvalue weighted by Gasteiger charge is 2.40. The van der Waals surface area contributed by atoms with Crippen molar-refractivity contribution in [2.24, 2.45) is 0 Å². The quantitative estimate of drug-likeness (QED) is 0.791. The maximum absolute atomic E-state index is 14.2. The van der Waals surface area contributed by atoms with Crippen LogP contribution in [0, 0.1) is 5.82 Å². The number of fused-ring (bicyclic) bond motifs is 1. The van der Waals surface area contributed by atoms with Crippen LogP contribution in [0.15, 0.2) is 36.7 Å². The molecule has 1 amide bonds. The number of rotatable bonds is 5. The summed E-state index contributed by atoms with van der Waals surface area (Å²) in [5, 5.41) is 0. The van der Waals surface area contributed by atoms with Crippen LogP contribution >= 0.6 is 0 Å². The van der Waals surface area contributed by atoms with Gasteiger partial charge in [-0.3, -0.25) is 9.69 Å². The molecule has 0 aliphatic carbocycles. The summed E-state index contributed by atoms with van der Waals surface area (Å²) in [6, 6.07) is 7.28. The second-order valence-electron chi connectivity index (χ2n) is 7.88. The van der Waals surface area contributed by atoms with Gasteiger partial charge >= 0.3 is 0 Å². The molecule has 2 fully saturated rings. The summed E-state index contributed by atoms with van der Waals surface area (Å²) in [5.41, 5.74) is 0.607. The molecule has 0 radical (unpaired) electrons. The van der Waals surface area contributed by atoms with E-state index in [0.29, 0.717) is 24.6 Å². The van der Waals surface area contributed by atoms with Gasteiger partial charge in [0.05, 0.1) is 6.54 Å². The largest absolute Gasteiger partial charge is 0.334 e. The van der Waals surface area contributed by atoms with Gasteiger partial charge in [0.15, 0.2) is 0 Å². The van der Waals surface area contributed by atoms with Crippen molar-refractivity contribution in [3.05, 3.63) is 53.9 Å². The Kier molecular flexibility index (Phi) is 5.76. The molecule has 2 aliphatic heterocycles. The second-order valence-corrected chi connectivity index (χ2v) is 7.88. The summed E-state index contributed by atoms with van der Waals surface area (Å²) in [6.45, 7) is 5.17. The van der Waals surface area contributed by atoms with E-state index < -0.39 is 0 Å². The monoisotopic (exact) mass is 384 g/mol. The van der Waals surface area contributed by atoms with E-state index in [4.69, 9.17) is 0 Å². The minimum Gasteiger partial charge on any atom is -0.334 e. The average Bonchev–Trinajstić information content (AvgIpc) is 3.30. The number of nitrogens with zero attached hydrogens (tertiary/aromatic N) is 4. The number of likely N-dealkylation sites (tertiary alicyclic amines) is 2. The van der Waals surface area contributed by atoms with E-state index in [1.54, 1.807) is 12.1 Å². The number of hydrogen-bond acceptors (Lipinski definition) is 3. The standard InChI is InChI=1S/C22H29FN4O/c1-2-25-14-12-24-21(25)16-26-13-11-20-19(26)9-5-6-10-22(28)27(20)15-17-7-3-4-8-18(17)23/h3-4,7-8,12,14,19-20H,2,5-6,9-11,13,15-16H2,1H3/t19-,20+/m1/s1. The van der Waals surface area contributed by atoms with E-state index in [9.17, 15) is 9.18 Å². The van der Waals surface area contributed by atoms with Crippen molar-refractivity contribution in [2.75, 3.05) is 6.54 Å². The van der Waals surface area contributed by atoms with Gasteiger partial charge in [0.2, 0.25) is 5.91 Å². The van der Waals surface area contributed by atoms with Crippen LogP contribution in [0.3, 0.4) is 0 Å². The lowest BCUT2D eigenvalue weighted by Crippen LogP contribution is -2.48. The van der Waals surface area contributed by atoms with E-state index in [0.717, 1.165) is 51.1 Å². The predicted octanol–water partition coefficient (Wildman–Crippen LogP) is 3.59. The third-order valence-corrected chi connectivity index (χ3v) is 6.27. The van der Waals surface area contributed by atoms with Gasteiger partial charge in [-0.2, -0.15) is 0 Å². The maximum atomic E-state index is 14.2. The zero-order valence-electron chi connectivity index (χ0n) is 16.6. The second kappa shape index (κ2) is 8.43. The highest BCUT2D eigenvalue weighted by molar-refractivity contribution is 5.76. The number of carbonyl (C=O) groups is 1. The molecule has 4 rings (SSSR count). The first-order valence-corrected chi connectivity index (χ1v) is 10.4. The number of halogens is 1. The van der Waals surface area contributed by atoms with Crippen LogP contribution in [-0.2, 0) is 24.4 Å². The minimum absolute atomic E-state index is 0.150. The van der Waals surface area contributed by atoms with Crippen LogP contribution in [0.5, 0.6) is 0 Å². The first-order valence-electron chi connectivity index (χ1n) is 10.4. The molecule has 0 N–H and O–H groups in total. The van der Waals surface area contributed by atoms with Gasteiger partial charge in [-0.05, 0) is 32.3 Å². The summed E-state index contributed by atoms with van der Waals surface area (Å²) >= 11 is 0. The molecule has 2 aromatic rings. The van der Waals surface area contributed by atoms with Gasteiger partial charge < -0.3 is 9.47 Å². The Morgan fingerprint density at radius 3 is 2.82 bits per heavy atom. The Morgan fingerprint density at radius 1 is 1.14 bits per heavy atom. The van der Waals surface area contributed by atoms with Crippen molar-refractivity contribution >= 4 is 5.91 Å². The molecule has 2 aliphatic rings. The maximum Gasteiger partial charge on any atom is 0.223 e. The predicted molar refractivity (Wildman–Crippen MR) is 106 cm³/mol. The van der Waals surface area contributed by atoms with Gasteiger partial charge in [0, 0.05) is 56.1 Å². The molecule has 0 spiro atoms. The number of aryl methyl sites for hydroxylation is 1. The fourth-order valence-corrected chi connectivity index (χ4v) is 4.77. The van der Waals surface area contributed by atoms with E-state index in [2.05, 4.69) is 21.4 Å². The van der Waals surface area contributed by atoms with Gasteiger partial charge in [0.25, 0.3) is 0 Å². The Labute approximate surface area is 166 Å². The molecule has 5 nitrogen and oxygen atoms in total. The van der Waals surface area contributed by atoms with Crippen LogP contribution in [0.4, 0.5) is 4.39 Å². The number of carbonyl (C=O) groups excluding carboxylic acids is 1. The van der Waals surface area contributed by atoms with Gasteiger partial charge in [-0.25, -0.2) is 9.37 Å². The van der Waals surface area contributed by atoms with Crippen LogP contribution < -0.4 is 0 Å². The number of benzene rings is 1. The first-order chi connectivity index (χ1) is 13.7. The van der Waals surface area contributed by atoms with Gasteiger partial charge in [-0.15, -0.1) is 0 Å². The molecular formula is C22H29FN4O. The number of hydrogen-bond donors (Lipinski definition) is 0. The summed E-state index contributed by atoms with van der Waals surface area (Å²) in [5.74, 6) is 1.01. The summed E-state index contributed by atoms with van der Waals surface area (Å²) in [4.78, 5) is 21.9. The van der Waals surface area contributed by atoms with E-state index in [-0.39, 0.29) is 17.8 Å². The minimum atomic E-state index is -0.228. The zero-order chi connectivity index (χ0) is 19.5. The molecule has 0 unspecified atom stereocenters. The normalized spacial score (nSPS) is 23.5. The van der Waals surface area contributed by atoms with Crippen LogP contribution in [0.2, 0.25) is 0 Å². The smallest absolute Gasteiger partial charge is 0.223 e. The molecule has 2 atom stereocenters. The number of amides is 1. The summed E-state index contributed by atoms with van der Waals surface area (Å²) < 4.78 is 16.4. The third-order valence-electron chi connectivity index (χ3n) is 6.27. The van der Waals surface area contributed by atoms with Crippen molar-refractivity contribution < 1.29 is 9.18 Å². The number of imidazole rings is 1. The van der Waals surface area contributed by atoms with Crippen molar-refractivity contribution in [1.29, 1.82) is 0 Å². The van der Waals surface area contributed by atoms with Gasteiger partial charge in [0.1, 0.15) is 11.6 Å². The topological polar surface area (TPSA) is 41.4 Å². The first kappa shape index (κ1) is 19.1. The highest BCUT2D eigenvalue weighted by atomic mass is 19.1. The zero-order valence-corrected chi connectivity index (χ0v) is 16.6. The van der Waals surface area contributed by atoms with Crippen LogP contribution in [0.25, 0.3) is 0 Å². The fourth-order valence-electron chi connectivity index (χ4n) is 4.77. The molecular weight excluding hydrogens is 355 g/mol. The van der Waals surface area contributed by atoms with Crippen LogP contribution in [-0.4, -0.2) is 43.9 Å². The molecule has 3 heterocycles. The van der Waals surface area contributed by atoms with Crippen molar-refractivity contribution in [3.8, 4) is 0 Å². The van der Waals surface area contributed by atoms with Crippen molar-refractivity contribution in [3.63, 3.8) is 0 Å². The molecule has 0 saturated carbocycles. The molecule has 1 aromatic heterocycles. The van der Waals surface area contributed by atoms with Gasteiger partial charge in [-0.1, -0.05) is 24.6 Å². The molecule has 2 saturated heterocycles. The molecule has 28 heavy (non-hydrogen) atoms. The SMILES string of the molecule is CCn1ccnc1CN1CC[C@H]2[C@H]1CCCCC(=O)N2Cc1ccccc1F. The highest BCUT2D eigenvalue weighted by Crippen LogP contribution is 2.32. The Bertz CT molecular complexity index is 820. The van der Waals surface area contributed by atoms with E-state index in [1.807, 2.05) is 23.4 Å². The lowest BCUT2D eigenvalue weighted by atomic mass is 9.96. The lowest BCUT2D eigenvalue weighted by Gasteiger charge is -2.37. The molecule has 1 aromatic carbocycles.